The molecule has 27 heavy (non-hydrogen) atoms. The molecule has 2 rings (SSSR count). The highest BCUT2D eigenvalue weighted by Gasteiger charge is 2.09. The van der Waals surface area contributed by atoms with Gasteiger partial charge in [0.2, 0.25) is 5.88 Å². The van der Waals surface area contributed by atoms with Crippen molar-refractivity contribution in [3.05, 3.63) is 53.7 Å². The van der Waals surface area contributed by atoms with E-state index >= 15 is 0 Å². The molecule has 1 unspecified atom stereocenters. The first-order chi connectivity index (χ1) is 12.5. The molecule has 0 aliphatic carbocycles. The van der Waals surface area contributed by atoms with Crippen molar-refractivity contribution >= 4 is 35.6 Å². The average molecular weight is 490 g/mol. The van der Waals surface area contributed by atoms with Crippen molar-refractivity contribution in [2.45, 2.75) is 39.2 Å². The first-order valence-corrected chi connectivity index (χ1v) is 8.51. The zero-order valence-corrected chi connectivity index (χ0v) is 17.7. The third kappa shape index (κ3) is 7.66. The van der Waals surface area contributed by atoms with Gasteiger partial charge in [0, 0.05) is 17.4 Å². The van der Waals surface area contributed by atoms with E-state index in [-0.39, 0.29) is 42.4 Å². The van der Waals surface area contributed by atoms with Gasteiger partial charge in [-0.15, -0.1) is 24.0 Å². The fourth-order valence-electron chi connectivity index (χ4n) is 2.30. The highest BCUT2D eigenvalue weighted by molar-refractivity contribution is 14.0. The van der Waals surface area contributed by atoms with Crippen molar-refractivity contribution in [1.82, 2.24) is 4.98 Å². The number of hydrogen-bond donors (Lipinski definition) is 2. The molecule has 2 aromatic rings. The minimum absolute atomic E-state index is 0. The number of benzene rings is 1. The molecule has 148 valence electrons. The van der Waals surface area contributed by atoms with Crippen molar-refractivity contribution in [2.24, 2.45) is 10.7 Å². The van der Waals surface area contributed by atoms with Gasteiger partial charge < -0.3 is 15.8 Å². The Hall–Kier alpha value is -1.97. The van der Waals surface area contributed by atoms with E-state index in [2.05, 4.69) is 41.3 Å². The van der Waals surface area contributed by atoms with Gasteiger partial charge in [0.1, 0.15) is 0 Å². The standard InChI is InChI=1S/C19H24F2N4O.HI/c1-3-13(2)14-6-8-16(9-7-14)25-19(22)24-11-15-5-4-10-23-18(15)26-12-17(20)21;/h4-10,13,17H,3,11-12H2,1-2H3,(H3,22,24,25);1H. The molecule has 0 fully saturated rings. The second-order valence-corrected chi connectivity index (χ2v) is 5.93. The highest BCUT2D eigenvalue weighted by Crippen LogP contribution is 2.20. The molecule has 0 radical (unpaired) electrons. The fourth-order valence-corrected chi connectivity index (χ4v) is 2.30. The summed E-state index contributed by atoms with van der Waals surface area (Å²) in [6.07, 6.45) is 0.00448. The van der Waals surface area contributed by atoms with Crippen LogP contribution in [0.15, 0.2) is 47.6 Å². The number of ether oxygens (including phenoxy) is 1. The molecular weight excluding hydrogens is 465 g/mol. The predicted octanol–water partition coefficient (Wildman–Crippen LogP) is 4.78. The van der Waals surface area contributed by atoms with E-state index in [1.165, 1.54) is 11.8 Å². The van der Waals surface area contributed by atoms with Crippen LogP contribution in [-0.2, 0) is 6.54 Å². The van der Waals surface area contributed by atoms with Crippen LogP contribution in [0.3, 0.4) is 0 Å². The maximum Gasteiger partial charge on any atom is 0.272 e. The number of guanidine groups is 1. The highest BCUT2D eigenvalue weighted by atomic mass is 127. The van der Waals surface area contributed by atoms with Crippen molar-refractivity contribution in [2.75, 3.05) is 11.9 Å². The van der Waals surface area contributed by atoms with E-state index in [1.807, 2.05) is 12.1 Å². The van der Waals surface area contributed by atoms with Crippen LogP contribution in [-0.4, -0.2) is 24.0 Å². The van der Waals surface area contributed by atoms with E-state index < -0.39 is 13.0 Å². The summed E-state index contributed by atoms with van der Waals surface area (Å²) in [7, 11) is 0. The number of alkyl halides is 2. The average Bonchev–Trinajstić information content (AvgIpc) is 2.65. The van der Waals surface area contributed by atoms with Gasteiger partial charge >= 0.3 is 0 Å². The second-order valence-electron chi connectivity index (χ2n) is 5.93. The smallest absolute Gasteiger partial charge is 0.272 e. The fraction of sp³-hybridized carbons (Fsp3) is 0.368. The van der Waals surface area contributed by atoms with Crippen LogP contribution in [0, 0.1) is 0 Å². The van der Waals surface area contributed by atoms with Gasteiger partial charge in [-0.05, 0) is 36.1 Å². The van der Waals surface area contributed by atoms with E-state index in [4.69, 9.17) is 10.5 Å². The molecule has 3 N–H and O–H groups in total. The molecular formula is C19H25F2IN4O. The van der Waals surface area contributed by atoms with Crippen molar-refractivity contribution in [3.8, 4) is 5.88 Å². The minimum atomic E-state index is -2.56. The number of nitrogens with two attached hydrogens (primary N) is 1. The number of rotatable bonds is 8. The Labute approximate surface area is 175 Å². The summed E-state index contributed by atoms with van der Waals surface area (Å²) < 4.78 is 29.6. The molecule has 0 saturated carbocycles. The summed E-state index contributed by atoms with van der Waals surface area (Å²) in [6, 6.07) is 11.4. The lowest BCUT2D eigenvalue weighted by Gasteiger charge is -2.11. The quantitative estimate of drug-likeness (QED) is 0.317. The van der Waals surface area contributed by atoms with Gasteiger partial charge in [-0.25, -0.2) is 18.8 Å². The third-order valence-corrected chi connectivity index (χ3v) is 3.98. The van der Waals surface area contributed by atoms with E-state index in [1.54, 1.807) is 12.1 Å². The molecule has 0 aliphatic heterocycles. The van der Waals surface area contributed by atoms with Crippen LogP contribution in [0.4, 0.5) is 14.5 Å². The molecule has 0 spiro atoms. The second kappa shape index (κ2) is 11.7. The summed E-state index contributed by atoms with van der Waals surface area (Å²) >= 11 is 0. The summed E-state index contributed by atoms with van der Waals surface area (Å²) in [5.74, 6) is 0.875. The number of pyridine rings is 1. The van der Waals surface area contributed by atoms with E-state index in [9.17, 15) is 8.78 Å². The lowest BCUT2D eigenvalue weighted by Crippen LogP contribution is -2.22. The number of hydrogen-bond acceptors (Lipinski definition) is 3. The zero-order chi connectivity index (χ0) is 18.9. The minimum Gasteiger partial charge on any atom is -0.471 e. The van der Waals surface area contributed by atoms with Crippen molar-refractivity contribution in [3.63, 3.8) is 0 Å². The Morgan fingerprint density at radius 2 is 1.96 bits per heavy atom. The van der Waals surface area contributed by atoms with Gasteiger partial charge in [0.25, 0.3) is 6.43 Å². The number of nitrogens with zero attached hydrogens (tertiary/aromatic N) is 2. The number of anilines is 1. The monoisotopic (exact) mass is 490 g/mol. The topological polar surface area (TPSA) is 72.5 Å². The maximum atomic E-state index is 12.3. The van der Waals surface area contributed by atoms with Crippen LogP contribution >= 0.6 is 24.0 Å². The van der Waals surface area contributed by atoms with Gasteiger partial charge in [-0.2, -0.15) is 0 Å². The summed E-state index contributed by atoms with van der Waals surface area (Å²) in [5.41, 5.74) is 8.60. The SMILES string of the molecule is CCC(C)c1ccc(NC(N)=NCc2cccnc2OCC(F)F)cc1.I. The van der Waals surface area contributed by atoms with Gasteiger partial charge in [0.05, 0.1) is 6.54 Å². The van der Waals surface area contributed by atoms with Crippen molar-refractivity contribution < 1.29 is 13.5 Å². The Kier molecular flexibility index (Phi) is 9.98. The predicted molar refractivity (Wildman–Crippen MR) is 115 cm³/mol. The molecule has 0 saturated heterocycles. The summed E-state index contributed by atoms with van der Waals surface area (Å²) in [6.45, 7) is 3.80. The van der Waals surface area contributed by atoms with Gasteiger partial charge in [0.15, 0.2) is 12.6 Å². The Balaban J connectivity index is 0.00000364. The molecule has 0 amide bonds. The van der Waals surface area contributed by atoms with E-state index in [0.717, 1.165) is 12.1 Å². The molecule has 1 aromatic carbocycles. The summed E-state index contributed by atoms with van der Waals surface area (Å²) in [5, 5.41) is 3.01. The number of nitrogens with one attached hydrogen (secondary N) is 1. The van der Waals surface area contributed by atoms with Gasteiger partial charge in [-0.3, -0.25) is 0 Å². The molecule has 1 heterocycles. The van der Waals surface area contributed by atoms with E-state index in [0.29, 0.717) is 11.5 Å². The molecule has 1 atom stereocenters. The van der Waals surface area contributed by atoms with Crippen LogP contribution in [0.5, 0.6) is 5.88 Å². The van der Waals surface area contributed by atoms with Crippen molar-refractivity contribution in [1.29, 1.82) is 0 Å². The Morgan fingerprint density at radius 3 is 2.59 bits per heavy atom. The Morgan fingerprint density at radius 1 is 1.26 bits per heavy atom. The number of halogens is 3. The van der Waals surface area contributed by atoms with Crippen LogP contribution in [0.25, 0.3) is 0 Å². The molecule has 0 aliphatic rings. The molecule has 0 bridgehead atoms. The largest absolute Gasteiger partial charge is 0.471 e. The third-order valence-electron chi connectivity index (χ3n) is 3.98. The molecule has 8 heteroatoms. The van der Waals surface area contributed by atoms with Crippen LogP contribution in [0.2, 0.25) is 0 Å². The molecule has 5 nitrogen and oxygen atoms in total. The summed E-state index contributed by atoms with van der Waals surface area (Å²) in [4.78, 5) is 8.19. The van der Waals surface area contributed by atoms with Gasteiger partial charge in [-0.1, -0.05) is 32.0 Å². The maximum absolute atomic E-state index is 12.3. The first-order valence-electron chi connectivity index (χ1n) is 8.51. The first kappa shape index (κ1) is 23.1. The number of aromatic nitrogens is 1. The number of aliphatic imine (C=N–C) groups is 1. The zero-order valence-electron chi connectivity index (χ0n) is 15.4. The normalized spacial score (nSPS) is 12.4. The molecule has 1 aromatic heterocycles. The van der Waals surface area contributed by atoms with Crippen LogP contribution < -0.4 is 15.8 Å². The Bertz CT molecular complexity index is 726. The lowest BCUT2D eigenvalue weighted by atomic mass is 9.99. The van der Waals surface area contributed by atoms with Crippen LogP contribution in [0.1, 0.15) is 37.3 Å². The lowest BCUT2D eigenvalue weighted by molar-refractivity contribution is 0.0791.